The summed E-state index contributed by atoms with van der Waals surface area (Å²) in [5.41, 5.74) is -0.0893. The zero-order valence-electron chi connectivity index (χ0n) is 14.0. The van der Waals surface area contributed by atoms with Crippen LogP contribution in [-0.4, -0.2) is 39.2 Å². The number of anilines is 1. The van der Waals surface area contributed by atoms with E-state index in [1.54, 1.807) is 6.92 Å². The van der Waals surface area contributed by atoms with E-state index >= 15 is 0 Å². The third-order valence-corrected chi connectivity index (χ3v) is 4.79. The summed E-state index contributed by atoms with van der Waals surface area (Å²) in [5, 5.41) is 11.3. The molecule has 0 fully saturated rings. The molecule has 0 atom stereocenters. The fraction of sp³-hybridized carbons (Fsp3) is 0.235. The molecule has 0 spiro atoms. The minimum Gasteiger partial charge on any atom is -0.492 e. The number of hydrogen-bond acceptors (Lipinski definition) is 5. The highest BCUT2D eigenvalue weighted by molar-refractivity contribution is 7.89. The van der Waals surface area contributed by atoms with E-state index in [0.29, 0.717) is 0 Å². The zero-order valence-corrected chi connectivity index (χ0v) is 14.8. The lowest BCUT2D eigenvalue weighted by Gasteiger charge is -2.14. The van der Waals surface area contributed by atoms with Gasteiger partial charge >= 0.3 is 0 Å². The summed E-state index contributed by atoms with van der Waals surface area (Å²) in [6.45, 7) is 1.52. The van der Waals surface area contributed by atoms with Gasteiger partial charge in [-0.3, -0.25) is 4.79 Å². The molecule has 2 rings (SSSR count). The second kappa shape index (κ2) is 8.75. The van der Waals surface area contributed by atoms with Crippen LogP contribution in [0.25, 0.3) is 0 Å². The maximum Gasteiger partial charge on any atom is 0.258 e. The van der Waals surface area contributed by atoms with Crippen molar-refractivity contribution in [2.24, 2.45) is 0 Å². The van der Waals surface area contributed by atoms with E-state index in [9.17, 15) is 17.6 Å². The van der Waals surface area contributed by atoms with Crippen molar-refractivity contribution >= 4 is 21.6 Å². The van der Waals surface area contributed by atoms with Gasteiger partial charge in [-0.1, -0.05) is 12.1 Å². The predicted molar refractivity (Wildman–Crippen MR) is 94.2 cm³/mol. The molecule has 0 heterocycles. The van der Waals surface area contributed by atoms with Crippen LogP contribution in [-0.2, 0) is 10.0 Å². The molecule has 0 bridgehead atoms. The van der Waals surface area contributed by atoms with E-state index < -0.39 is 21.7 Å². The first-order valence-corrected chi connectivity index (χ1v) is 9.30. The first-order valence-electron chi connectivity index (χ1n) is 7.82. The molecule has 9 heteroatoms. The summed E-state index contributed by atoms with van der Waals surface area (Å²) in [7, 11) is -3.88. The van der Waals surface area contributed by atoms with Crippen molar-refractivity contribution in [3.63, 3.8) is 0 Å². The molecule has 0 aromatic heterocycles. The predicted octanol–water partition coefficient (Wildman–Crippen LogP) is 1.75. The summed E-state index contributed by atoms with van der Waals surface area (Å²) in [6.07, 6.45) is 0. The zero-order chi connectivity index (χ0) is 19.2. The second-order valence-electron chi connectivity index (χ2n) is 5.15. The molecule has 2 aromatic rings. The highest BCUT2D eigenvalue weighted by Gasteiger charge is 2.19. The fourth-order valence-corrected chi connectivity index (χ4v) is 3.20. The Kier molecular flexibility index (Phi) is 6.67. The third kappa shape index (κ3) is 4.78. The van der Waals surface area contributed by atoms with Gasteiger partial charge in [0.25, 0.3) is 5.91 Å². The number of sulfonamides is 1. The molecular weight excluding hydrogens is 363 g/mol. The summed E-state index contributed by atoms with van der Waals surface area (Å²) >= 11 is 0. The number of carbonyl (C=O) groups excluding carboxylic acids is 1. The molecule has 0 radical (unpaired) electrons. The molecule has 0 aliphatic carbocycles. The van der Waals surface area contributed by atoms with Gasteiger partial charge in [0.2, 0.25) is 10.0 Å². The summed E-state index contributed by atoms with van der Waals surface area (Å²) in [5.74, 6) is -1.18. The van der Waals surface area contributed by atoms with Crippen LogP contribution < -0.4 is 14.8 Å². The van der Waals surface area contributed by atoms with Crippen molar-refractivity contribution in [2.75, 3.05) is 25.1 Å². The summed E-state index contributed by atoms with van der Waals surface area (Å²) < 4.78 is 45.7. The van der Waals surface area contributed by atoms with Gasteiger partial charge in [0.15, 0.2) is 0 Å². The smallest absolute Gasteiger partial charge is 0.258 e. The Balaban J connectivity index is 2.37. The summed E-state index contributed by atoms with van der Waals surface area (Å²) in [6, 6.07) is 9.35. The van der Waals surface area contributed by atoms with Crippen molar-refractivity contribution in [1.29, 1.82) is 0 Å². The minimum atomic E-state index is -3.88. The normalized spacial score (nSPS) is 11.2. The quantitative estimate of drug-likeness (QED) is 0.645. The van der Waals surface area contributed by atoms with Crippen molar-refractivity contribution < 1.29 is 27.4 Å². The van der Waals surface area contributed by atoms with Crippen LogP contribution in [0, 0.1) is 5.82 Å². The number of nitrogens with one attached hydrogen (secondary N) is 2. The molecule has 0 saturated carbocycles. The van der Waals surface area contributed by atoms with Crippen LogP contribution >= 0.6 is 0 Å². The van der Waals surface area contributed by atoms with Gasteiger partial charge in [-0.25, -0.2) is 17.5 Å². The Morgan fingerprint density at radius 2 is 1.96 bits per heavy atom. The number of hydrogen-bond donors (Lipinski definition) is 3. The molecule has 140 valence electrons. The van der Waals surface area contributed by atoms with E-state index in [-0.39, 0.29) is 41.7 Å². The molecule has 0 aliphatic heterocycles. The molecule has 0 unspecified atom stereocenters. The number of amides is 1. The minimum absolute atomic E-state index is 0.0898. The molecule has 3 N–H and O–H groups in total. The van der Waals surface area contributed by atoms with Crippen LogP contribution in [0.5, 0.6) is 5.75 Å². The molecule has 26 heavy (non-hydrogen) atoms. The van der Waals surface area contributed by atoms with Crippen molar-refractivity contribution in [3.8, 4) is 5.75 Å². The number of ether oxygens (including phenoxy) is 1. The van der Waals surface area contributed by atoms with E-state index in [1.165, 1.54) is 36.4 Å². The van der Waals surface area contributed by atoms with E-state index in [4.69, 9.17) is 9.84 Å². The first kappa shape index (κ1) is 19.8. The topological polar surface area (TPSA) is 105 Å². The van der Waals surface area contributed by atoms with E-state index in [2.05, 4.69) is 10.0 Å². The van der Waals surface area contributed by atoms with E-state index in [0.717, 1.165) is 6.07 Å². The van der Waals surface area contributed by atoms with Crippen LogP contribution in [0.15, 0.2) is 47.4 Å². The molecule has 1 amide bonds. The van der Waals surface area contributed by atoms with Gasteiger partial charge in [-0.05, 0) is 37.3 Å². The molecule has 7 nitrogen and oxygen atoms in total. The Morgan fingerprint density at radius 3 is 2.62 bits per heavy atom. The average molecular weight is 382 g/mol. The number of aliphatic hydroxyl groups excluding tert-OH is 1. The number of carbonyl (C=O) groups is 1. The Morgan fingerprint density at radius 1 is 1.23 bits per heavy atom. The molecule has 0 aliphatic rings. The Bertz CT molecular complexity index is 886. The number of rotatable bonds is 8. The highest BCUT2D eigenvalue weighted by Crippen LogP contribution is 2.28. The molecular formula is C17H19FN2O5S. The number of halogens is 1. The van der Waals surface area contributed by atoms with Gasteiger partial charge in [0, 0.05) is 6.54 Å². The van der Waals surface area contributed by atoms with Gasteiger partial charge in [0.1, 0.15) is 11.6 Å². The van der Waals surface area contributed by atoms with Crippen LogP contribution in [0.3, 0.4) is 0 Å². The molecule has 0 saturated heterocycles. The van der Waals surface area contributed by atoms with Gasteiger partial charge < -0.3 is 15.2 Å². The van der Waals surface area contributed by atoms with Crippen LogP contribution in [0.2, 0.25) is 0 Å². The summed E-state index contributed by atoms with van der Waals surface area (Å²) in [4.78, 5) is 12.2. The van der Waals surface area contributed by atoms with E-state index in [1.807, 2.05) is 0 Å². The largest absolute Gasteiger partial charge is 0.492 e. The third-order valence-electron chi connectivity index (χ3n) is 3.33. The van der Waals surface area contributed by atoms with Crippen molar-refractivity contribution in [2.45, 2.75) is 11.8 Å². The lowest BCUT2D eigenvalue weighted by Crippen LogP contribution is -2.26. The van der Waals surface area contributed by atoms with Gasteiger partial charge in [-0.15, -0.1) is 0 Å². The second-order valence-corrected chi connectivity index (χ2v) is 6.91. The van der Waals surface area contributed by atoms with Crippen molar-refractivity contribution in [1.82, 2.24) is 4.72 Å². The molecule has 2 aromatic carbocycles. The highest BCUT2D eigenvalue weighted by atomic mass is 32.2. The monoisotopic (exact) mass is 382 g/mol. The lowest BCUT2D eigenvalue weighted by molar-refractivity contribution is 0.102. The number of benzene rings is 2. The average Bonchev–Trinajstić information content (AvgIpc) is 2.62. The van der Waals surface area contributed by atoms with Crippen LogP contribution in [0.1, 0.15) is 17.3 Å². The van der Waals surface area contributed by atoms with Crippen LogP contribution in [0.4, 0.5) is 10.1 Å². The maximum atomic E-state index is 13.8. The SMILES string of the molecule is CCOc1ccc(S(=O)(=O)NCCO)cc1NC(=O)c1ccccc1F. The lowest BCUT2D eigenvalue weighted by atomic mass is 10.2. The first-order chi connectivity index (χ1) is 12.4. The van der Waals surface area contributed by atoms with Gasteiger partial charge in [-0.2, -0.15) is 0 Å². The van der Waals surface area contributed by atoms with Crippen molar-refractivity contribution in [3.05, 3.63) is 53.8 Å². The Hall–Kier alpha value is -2.49. The van der Waals surface area contributed by atoms with Gasteiger partial charge in [0.05, 0.1) is 29.4 Å². The number of aliphatic hydroxyl groups is 1. The standard InChI is InChI=1S/C17H19FN2O5S/c1-2-25-16-8-7-12(26(23,24)19-9-10-21)11-15(16)20-17(22)13-5-3-4-6-14(13)18/h3-8,11,19,21H,2,9-10H2,1H3,(H,20,22). The Labute approximate surface area is 150 Å². The fourth-order valence-electron chi connectivity index (χ4n) is 2.15. The maximum absolute atomic E-state index is 13.8.